The first-order chi connectivity index (χ1) is 17.6. The lowest BCUT2D eigenvalue weighted by Gasteiger charge is -2.24. The van der Waals surface area contributed by atoms with E-state index in [9.17, 15) is 24.4 Å². The third-order valence-electron chi connectivity index (χ3n) is 5.70. The van der Waals surface area contributed by atoms with Crippen LogP contribution < -0.4 is 25.4 Å². The lowest BCUT2D eigenvalue weighted by atomic mass is 9.98. The van der Waals surface area contributed by atoms with Gasteiger partial charge in [0.15, 0.2) is 17.6 Å². The summed E-state index contributed by atoms with van der Waals surface area (Å²) >= 11 is 0. The molecule has 0 bridgehead atoms. The van der Waals surface area contributed by atoms with Crippen LogP contribution in [0.3, 0.4) is 0 Å². The maximum atomic E-state index is 15.4. The molecule has 6 atom stereocenters. The number of nitrogens with zero attached hydrogens (tertiary/aromatic N) is 2. The first kappa shape index (κ1) is 28.5. The van der Waals surface area contributed by atoms with E-state index in [1.807, 2.05) is 4.98 Å². The van der Waals surface area contributed by atoms with Gasteiger partial charge in [0.1, 0.15) is 31.5 Å². The van der Waals surface area contributed by atoms with Crippen LogP contribution in [0.2, 0.25) is 0 Å². The minimum atomic E-state index is -2.55. The second-order valence-electron chi connectivity index (χ2n) is 8.44. The highest BCUT2D eigenvalue weighted by atomic mass is 31.1. The molecule has 2 heterocycles. The smallest absolute Gasteiger partial charge is 0.395 e. The van der Waals surface area contributed by atoms with E-state index >= 15 is 4.39 Å². The van der Waals surface area contributed by atoms with Crippen molar-refractivity contribution in [3.05, 3.63) is 57.4 Å². The number of rotatable bonds is 11. The Morgan fingerprint density at radius 1 is 1.32 bits per heavy atom. The summed E-state index contributed by atoms with van der Waals surface area (Å²) in [6.07, 6.45) is -2.62. The molecule has 0 saturated carbocycles. The maximum absolute atomic E-state index is 15.4. The second-order valence-corrected chi connectivity index (χ2v) is 9.33. The van der Waals surface area contributed by atoms with Gasteiger partial charge in [-0.1, -0.05) is 30.7 Å². The van der Waals surface area contributed by atoms with Crippen LogP contribution in [0.1, 0.15) is 39.8 Å². The Bertz CT molecular complexity index is 1230. The molecule has 0 radical (unpaired) electrons. The van der Waals surface area contributed by atoms with Crippen LogP contribution >= 0.6 is 8.17 Å². The number of para-hydroxylation sites is 2. The number of hydrogen-bond acceptors (Lipinski definition) is 10. The minimum Gasteiger partial charge on any atom is -0.575 e. The number of alkyl halides is 1. The van der Waals surface area contributed by atoms with Crippen molar-refractivity contribution >= 4 is 14.1 Å². The van der Waals surface area contributed by atoms with E-state index in [0.29, 0.717) is 6.42 Å². The summed E-state index contributed by atoms with van der Waals surface area (Å²) in [4.78, 5) is 49.3. The molecule has 1 aliphatic heterocycles. The van der Waals surface area contributed by atoms with Crippen molar-refractivity contribution < 1.29 is 37.9 Å². The summed E-state index contributed by atoms with van der Waals surface area (Å²) in [6.45, 7) is 4.17. The molecule has 2 aromatic rings. The molecule has 2 N–H and O–H groups in total. The zero-order valence-corrected chi connectivity index (χ0v) is 21.4. The van der Waals surface area contributed by atoms with Crippen molar-refractivity contribution in [2.75, 3.05) is 13.2 Å². The Morgan fingerprint density at radius 2 is 2.03 bits per heavy atom. The van der Waals surface area contributed by atoms with E-state index < -0.39 is 55.5 Å². The Balaban J connectivity index is 1.69. The van der Waals surface area contributed by atoms with Crippen molar-refractivity contribution in [3.8, 4) is 11.5 Å². The van der Waals surface area contributed by atoms with Crippen LogP contribution in [0.25, 0.3) is 0 Å². The predicted molar refractivity (Wildman–Crippen MR) is 128 cm³/mol. The van der Waals surface area contributed by atoms with Gasteiger partial charge in [0.2, 0.25) is 5.75 Å². The number of esters is 1. The van der Waals surface area contributed by atoms with E-state index in [2.05, 4.69) is 4.74 Å². The van der Waals surface area contributed by atoms with Crippen LogP contribution in [0.15, 0.2) is 50.9 Å². The van der Waals surface area contributed by atoms with Crippen molar-refractivity contribution in [1.29, 1.82) is 0 Å². The van der Waals surface area contributed by atoms with Gasteiger partial charge in [0.05, 0.1) is 0 Å². The van der Waals surface area contributed by atoms with E-state index in [1.165, 1.54) is 12.1 Å². The highest BCUT2D eigenvalue weighted by Crippen LogP contribution is 2.41. The minimum absolute atomic E-state index is 0.0236. The highest BCUT2D eigenvalue weighted by Gasteiger charge is 2.55. The fourth-order valence-corrected chi connectivity index (χ4v) is 4.41. The van der Waals surface area contributed by atoms with Gasteiger partial charge in [-0.2, -0.15) is 0 Å². The van der Waals surface area contributed by atoms with E-state index in [0.717, 1.165) is 23.8 Å². The highest BCUT2D eigenvalue weighted by molar-refractivity contribution is 7.34. The third kappa shape index (κ3) is 7.01. The molecule has 1 saturated heterocycles. The fraction of sp³-hybridized carbons (Fsp3) is 0.522. The molecule has 37 heavy (non-hydrogen) atoms. The number of nitrogens with one attached hydrogen (secondary N) is 1. The third-order valence-corrected chi connectivity index (χ3v) is 6.57. The van der Waals surface area contributed by atoms with Crippen LogP contribution in [-0.2, 0) is 14.3 Å². The van der Waals surface area contributed by atoms with Crippen molar-refractivity contribution in [2.24, 2.45) is 4.74 Å². The lowest BCUT2D eigenvalue weighted by molar-refractivity contribution is -0.169. The number of aliphatic hydroxyl groups is 1. The van der Waals surface area contributed by atoms with Gasteiger partial charge in [-0.05, 0) is 25.5 Å². The zero-order chi connectivity index (χ0) is 27.2. The van der Waals surface area contributed by atoms with Gasteiger partial charge in [-0.3, -0.25) is 23.7 Å². The van der Waals surface area contributed by atoms with Gasteiger partial charge >= 0.3 is 19.8 Å². The van der Waals surface area contributed by atoms with Crippen LogP contribution in [0.4, 0.5) is 4.39 Å². The SMILES string of the molecule is CCC(=O)OC[C@@H](CC)N=[P+]([O-])Oc1ccccc1OC[C@H]1O[C@@H](n2ccc(=O)[nH]c2=O)[C@](C)(F)[C@@H]1O. The molecular formula is C23H29FN3O9P. The monoisotopic (exact) mass is 541 g/mol. The quantitative estimate of drug-likeness (QED) is 0.317. The first-order valence-corrected chi connectivity index (χ1v) is 12.8. The number of ether oxygens (including phenoxy) is 3. The largest absolute Gasteiger partial charge is 0.575 e. The first-order valence-electron chi connectivity index (χ1n) is 11.6. The number of aromatic nitrogens is 2. The summed E-state index contributed by atoms with van der Waals surface area (Å²) in [6, 6.07) is 6.75. The summed E-state index contributed by atoms with van der Waals surface area (Å²) in [5.41, 5.74) is -3.93. The van der Waals surface area contributed by atoms with E-state index in [4.69, 9.17) is 18.7 Å². The molecule has 0 amide bonds. The van der Waals surface area contributed by atoms with Crippen LogP contribution in [0.5, 0.6) is 11.5 Å². The second kappa shape index (κ2) is 12.4. The normalized spacial score (nSPS) is 24.5. The lowest BCUT2D eigenvalue weighted by Crippen LogP contribution is -2.43. The van der Waals surface area contributed by atoms with Gasteiger partial charge < -0.3 is 24.2 Å². The Morgan fingerprint density at radius 3 is 2.68 bits per heavy atom. The number of H-pyrrole nitrogens is 1. The average Bonchev–Trinajstić information content (AvgIpc) is 3.09. The van der Waals surface area contributed by atoms with E-state index in [1.54, 1.807) is 26.0 Å². The Labute approximate surface area is 212 Å². The molecule has 202 valence electrons. The average molecular weight is 541 g/mol. The molecule has 14 heteroatoms. The molecule has 0 aliphatic carbocycles. The molecule has 1 fully saturated rings. The fourth-order valence-electron chi connectivity index (χ4n) is 3.54. The molecule has 1 aliphatic rings. The Kier molecular flexibility index (Phi) is 9.55. The predicted octanol–water partition coefficient (Wildman–Crippen LogP) is 1.57. The topological polar surface area (TPSA) is 164 Å². The van der Waals surface area contributed by atoms with Crippen molar-refractivity contribution in [2.45, 2.75) is 63.8 Å². The van der Waals surface area contributed by atoms with E-state index in [-0.39, 0.29) is 31.1 Å². The summed E-state index contributed by atoms with van der Waals surface area (Å²) in [5.74, 6) is -0.180. The molecule has 0 spiro atoms. The summed E-state index contributed by atoms with van der Waals surface area (Å²) in [5, 5.41) is 10.5. The summed E-state index contributed by atoms with van der Waals surface area (Å²) < 4.78 is 42.0. The maximum Gasteiger partial charge on any atom is 0.395 e. The van der Waals surface area contributed by atoms with Gasteiger partial charge in [-0.25, -0.2) is 9.18 Å². The van der Waals surface area contributed by atoms with Gasteiger partial charge in [0, 0.05) is 18.7 Å². The Hall–Kier alpha value is -3.12. The standard InChI is InChI=1S/C23H29FN3O9P/c1-4-14(12-34-19(29)5-2)26-37(32)36-16-9-7-6-8-15(16)33-13-17-20(30)23(3,24)21(35-17)27-11-10-18(28)25-22(27)31/h6-11,14,17,20-21,30H,4-5,12-13H2,1-3H3,(H,25,28,31)/t14-,17-,20-,21-,23-/m1/s1. The number of carbonyl (C=O) groups is 1. The molecule has 1 aromatic heterocycles. The van der Waals surface area contributed by atoms with Crippen molar-refractivity contribution in [3.63, 3.8) is 0 Å². The summed E-state index contributed by atoms with van der Waals surface area (Å²) in [7, 11) is -2.55. The van der Waals surface area contributed by atoms with Crippen molar-refractivity contribution in [1.82, 2.24) is 9.55 Å². The number of aromatic amines is 1. The number of hydrogen-bond donors (Lipinski definition) is 2. The van der Waals surface area contributed by atoms with Crippen LogP contribution in [-0.4, -0.2) is 57.8 Å². The van der Waals surface area contributed by atoms with Gasteiger partial charge in [-0.15, -0.1) is 0 Å². The number of carbonyl (C=O) groups excluding carboxylic acids is 1. The number of halogens is 1. The van der Waals surface area contributed by atoms with Gasteiger partial charge in [0.25, 0.3) is 5.56 Å². The zero-order valence-electron chi connectivity index (χ0n) is 20.5. The molecule has 1 unspecified atom stereocenters. The molecular weight excluding hydrogens is 512 g/mol. The molecule has 1 aromatic carbocycles. The number of benzene rings is 1. The van der Waals surface area contributed by atoms with Crippen LogP contribution in [0, 0.1) is 0 Å². The molecule has 12 nitrogen and oxygen atoms in total. The number of aliphatic hydroxyl groups excluding tert-OH is 1. The molecule has 3 rings (SSSR count).